The molecular weight excluding hydrogens is 521 g/mol. The van der Waals surface area contributed by atoms with Gasteiger partial charge < -0.3 is 9.80 Å². The normalized spacial score (nSPS) is 15.2. The number of allylic oxidation sites excluding steroid dienone is 5. The van der Waals surface area contributed by atoms with E-state index in [2.05, 4.69) is 106 Å². The number of benzene rings is 2. The molecular formula is C36H48FN5. The van der Waals surface area contributed by atoms with Gasteiger partial charge >= 0.3 is 0 Å². The van der Waals surface area contributed by atoms with Crippen LogP contribution in [0.1, 0.15) is 48.8 Å². The molecule has 3 aromatic rings. The molecule has 42 heavy (non-hydrogen) atoms. The zero-order valence-corrected chi connectivity index (χ0v) is 26.6. The van der Waals surface area contributed by atoms with Crippen molar-refractivity contribution in [1.29, 1.82) is 0 Å². The summed E-state index contributed by atoms with van der Waals surface area (Å²) in [6.07, 6.45) is 4.42. The first-order chi connectivity index (χ1) is 20.1. The number of hydrogen-bond acceptors (Lipinski definition) is 4. The van der Waals surface area contributed by atoms with E-state index >= 15 is 0 Å². The number of anilines is 1. The molecule has 0 unspecified atom stereocenters. The summed E-state index contributed by atoms with van der Waals surface area (Å²) >= 11 is 0. The van der Waals surface area contributed by atoms with Gasteiger partial charge in [-0.25, -0.2) is 4.39 Å². The number of aromatic nitrogens is 2. The molecule has 1 aliphatic heterocycles. The lowest BCUT2D eigenvalue weighted by molar-refractivity contribution is 0.229. The van der Waals surface area contributed by atoms with Crippen LogP contribution in [0.5, 0.6) is 0 Å². The highest BCUT2D eigenvalue weighted by atomic mass is 19.1. The molecule has 2 aromatic carbocycles. The van der Waals surface area contributed by atoms with Gasteiger partial charge in [0.15, 0.2) is 0 Å². The van der Waals surface area contributed by atoms with Crippen molar-refractivity contribution in [2.45, 2.75) is 41.2 Å². The first-order valence-corrected chi connectivity index (χ1v) is 15.2. The number of nitrogens with zero attached hydrogens (tertiary/aromatic N) is 5. The summed E-state index contributed by atoms with van der Waals surface area (Å²) in [5.41, 5.74) is 9.91. The van der Waals surface area contributed by atoms with E-state index in [1.54, 1.807) is 12.1 Å². The van der Waals surface area contributed by atoms with Crippen LogP contribution in [0.15, 0.2) is 72.8 Å². The molecule has 0 spiro atoms. The highest BCUT2D eigenvalue weighted by Crippen LogP contribution is 2.35. The van der Waals surface area contributed by atoms with Gasteiger partial charge in [0.05, 0.1) is 12.2 Å². The molecule has 1 fully saturated rings. The molecule has 0 saturated carbocycles. The van der Waals surface area contributed by atoms with Gasteiger partial charge in [-0.05, 0) is 92.9 Å². The summed E-state index contributed by atoms with van der Waals surface area (Å²) in [5.74, 6) is 0.0690. The second-order valence-electron chi connectivity index (χ2n) is 12.0. The summed E-state index contributed by atoms with van der Waals surface area (Å²) < 4.78 is 15.8. The van der Waals surface area contributed by atoms with Crippen molar-refractivity contribution in [2.75, 3.05) is 58.3 Å². The molecule has 4 rings (SSSR count). The van der Waals surface area contributed by atoms with Crippen molar-refractivity contribution in [3.8, 4) is 0 Å². The van der Waals surface area contributed by atoms with Crippen LogP contribution in [-0.4, -0.2) is 72.9 Å². The second-order valence-corrected chi connectivity index (χ2v) is 12.0. The minimum Gasteiger partial charge on any atom is -0.369 e. The van der Waals surface area contributed by atoms with Crippen LogP contribution in [0.3, 0.4) is 0 Å². The Morgan fingerprint density at radius 3 is 2.33 bits per heavy atom. The van der Waals surface area contributed by atoms with Crippen LogP contribution in [0, 0.1) is 25.6 Å². The van der Waals surface area contributed by atoms with E-state index in [0.29, 0.717) is 12.5 Å². The van der Waals surface area contributed by atoms with Crippen molar-refractivity contribution in [1.82, 2.24) is 19.6 Å². The van der Waals surface area contributed by atoms with Crippen LogP contribution in [0.4, 0.5) is 10.1 Å². The lowest BCUT2D eigenvalue weighted by Crippen LogP contribution is -2.48. The van der Waals surface area contributed by atoms with E-state index in [9.17, 15) is 4.39 Å². The fourth-order valence-corrected chi connectivity index (χ4v) is 5.79. The highest BCUT2D eigenvalue weighted by molar-refractivity contribution is 5.86. The average Bonchev–Trinajstić information content (AvgIpc) is 3.24. The fourth-order valence-electron chi connectivity index (χ4n) is 5.79. The van der Waals surface area contributed by atoms with Gasteiger partial charge in [0.1, 0.15) is 5.82 Å². The first-order valence-electron chi connectivity index (χ1n) is 15.2. The predicted molar refractivity (Wildman–Crippen MR) is 176 cm³/mol. The van der Waals surface area contributed by atoms with Crippen LogP contribution >= 0.6 is 0 Å². The average molecular weight is 570 g/mol. The van der Waals surface area contributed by atoms with Gasteiger partial charge in [-0.1, -0.05) is 56.8 Å². The molecule has 0 radical (unpaired) electrons. The van der Waals surface area contributed by atoms with E-state index in [1.807, 2.05) is 10.7 Å². The summed E-state index contributed by atoms with van der Waals surface area (Å²) in [5, 5.41) is 4.85. The molecule has 5 nitrogen and oxygen atoms in total. The van der Waals surface area contributed by atoms with Crippen molar-refractivity contribution < 1.29 is 4.39 Å². The first kappa shape index (κ1) is 31.5. The molecule has 0 aliphatic carbocycles. The third-order valence-corrected chi connectivity index (χ3v) is 8.26. The topological polar surface area (TPSA) is 27.5 Å². The Balaban J connectivity index is 1.50. The summed E-state index contributed by atoms with van der Waals surface area (Å²) in [6, 6.07) is 15.6. The van der Waals surface area contributed by atoms with Crippen molar-refractivity contribution in [2.24, 2.45) is 5.92 Å². The van der Waals surface area contributed by atoms with Gasteiger partial charge in [-0.2, -0.15) is 5.10 Å². The van der Waals surface area contributed by atoms with Crippen LogP contribution in [0.2, 0.25) is 0 Å². The molecule has 6 heteroatoms. The molecule has 224 valence electrons. The number of rotatable bonds is 11. The lowest BCUT2D eigenvalue weighted by atomic mass is 9.87. The van der Waals surface area contributed by atoms with Gasteiger partial charge in [0.25, 0.3) is 0 Å². The molecule has 2 heterocycles. The summed E-state index contributed by atoms with van der Waals surface area (Å²) in [6.45, 7) is 22.3. The predicted octanol–water partition coefficient (Wildman–Crippen LogP) is 7.07. The van der Waals surface area contributed by atoms with Crippen molar-refractivity contribution in [3.63, 3.8) is 0 Å². The number of piperazine rings is 1. The van der Waals surface area contributed by atoms with E-state index in [1.165, 1.54) is 22.9 Å². The quantitative estimate of drug-likeness (QED) is 0.231. The number of aryl methyl sites for hydroxylation is 1. The zero-order chi connectivity index (χ0) is 30.4. The second kappa shape index (κ2) is 14.1. The highest BCUT2D eigenvalue weighted by Gasteiger charge is 2.21. The van der Waals surface area contributed by atoms with E-state index in [0.717, 1.165) is 72.9 Å². The number of likely N-dealkylation sites (N-methyl/N-ethyl adjacent to an activating group) is 1. The van der Waals surface area contributed by atoms with E-state index in [4.69, 9.17) is 5.10 Å². The van der Waals surface area contributed by atoms with E-state index in [-0.39, 0.29) is 5.82 Å². The molecule has 0 N–H and O–H groups in total. The molecule has 0 atom stereocenters. The maximum absolute atomic E-state index is 13.8. The fraction of sp³-hybridized carbons (Fsp3) is 0.417. The van der Waals surface area contributed by atoms with Crippen LogP contribution in [0.25, 0.3) is 11.1 Å². The van der Waals surface area contributed by atoms with Crippen LogP contribution in [-0.2, 0) is 6.54 Å². The third-order valence-electron chi connectivity index (χ3n) is 8.26. The zero-order valence-electron chi connectivity index (χ0n) is 26.6. The van der Waals surface area contributed by atoms with Gasteiger partial charge in [0.2, 0.25) is 0 Å². The van der Waals surface area contributed by atoms with Crippen LogP contribution < -0.4 is 4.90 Å². The monoisotopic (exact) mass is 569 g/mol. The Hall–Kier alpha value is -3.48. The van der Waals surface area contributed by atoms with Gasteiger partial charge in [-0.15, -0.1) is 0 Å². The molecule has 0 bridgehead atoms. The Labute approximate surface area is 252 Å². The number of hydrogen-bond donors (Lipinski definition) is 0. The lowest BCUT2D eigenvalue weighted by Gasteiger charge is -2.36. The largest absolute Gasteiger partial charge is 0.369 e. The SMILES string of the molecule is C=C(C=C(C(=CC)c1c(C)nn(Cc2cccc(F)c2)c1C)C(C)C)c1ccc(N2CCN(CCN(C)C)CC2)cc1. The summed E-state index contributed by atoms with van der Waals surface area (Å²) in [7, 11) is 4.27. The Morgan fingerprint density at radius 2 is 1.74 bits per heavy atom. The molecule has 1 aliphatic rings. The standard InChI is InChI=1S/C36H48FN5/c1-9-34(36-28(5)38-42(29(36)6)25-30-11-10-12-32(37)24-30)35(26(2)3)23-27(4)31-13-15-33(16-14-31)41-21-19-40(20-22-41)18-17-39(7)8/h9-16,23-24,26H,4,17-22,25H2,1-3,5-8H3. The maximum Gasteiger partial charge on any atom is 0.123 e. The van der Waals surface area contributed by atoms with Crippen molar-refractivity contribution in [3.05, 3.63) is 107 Å². The minimum atomic E-state index is -0.224. The van der Waals surface area contributed by atoms with Gasteiger partial charge in [0, 0.05) is 56.2 Å². The van der Waals surface area contributed by atoms with Crippen molar-refractivity contribution >= 4 is 16.8 Å². The summed E-state index contributed by atoms with van der Waals surface area (Å²) in [4.78, 5) is 7.29. The maximum atomic E-state index is 13.8. The van der Waals surface area contributed by atoms with Gasteiger partial charge in [-0.3, -0.25) is 9.58 Å². The third kappa shape index (κ3) is 7.67. The Bertz CT molecular complexity index is 1420. The minimum absolute atomic E-state index is 0.224. The molecule has 0 amide bonds. The smallest absolute Gasteiger partial charge is 0.123 e. The van der Waals surface area contributed by atoms with E-state index < -0.39 is 0 Å². The molecule has 1 aromatic heterocycles. The molecule has 1 saturated heterocycles. The Morgan fingerprint density at radius 1 is 1.05 bits per heavy atom. The Kier molecular flexibility index (Phi) is 10.6. The number of halogens is 1.